The quantitative estimate of drug-likeness (QED) is 0.801. The maximum atomic E-state index is 5.63. The molecule has 0 amide bonds. The van der Waals surface area contributed by atoms with E-state index in [-0.39, 0.29) is 0 Å². The van der Waals surface area contributed by atoms with E-state index in [1.165, 1.54) is 11.1 Å². The van der Waals surface area contributed by atoms with Crippen molar-refractivity contribution in [2.75, 3.05) is 13.2 Å². The fraction of sp³-hybridized carbons (Fsp3) is 0.571. The van der Waals surface area contributed by atoms with Crippen LogP contribution in [0.1, 0.15) is 37.8 Å². The van der Waals surface area contributed by atoms with Crippen LogP contribution in [0, 0.1) is 5.92 Å². The summed E-state index contributed by atoms with van der Waals surface area (Å²) in [5, 5.41) is 0. The second kappa shape index (κ2) is 6.66. The lowest BCUT2D eigenvalue weighted by Crippen LogP contribution is -2.08. The first kappa shape index (κ1) is 13.2. The molecule has 0 heterocycles. The van der Waals surface area contributed by atoms with Gasteiger partial charge in [0, 0.05) is 6.61 Å². The van der Waals surface area contributed by atoms with E-state index in [4.69, 9.17) is 10.5 Å². The third kappa shape index (κ3) is 4.33. The fourth-order valence-corrected chi connectivity index (χ4v) is 1.49. The van der Waals surface area contributed by atoms with E-state index in [1.54, 1.807) is 0 Å². The Kier molecular flexibility index (Phi) is 5.50. The van der Waals surface area contributed by atoms with Gasteiger partial charge in [-0.3, -0.25) is 0 Å². The van der Waals surface area contributed by atoms with Gasteiger partial charge in [-0.1, -0.05) is 45.0 Å². The Hall–Kier alpha value is -0.860. The largest absolute Gasteiger partial charge is 0.377 e. The van der Waals surface area contributed by atoms with E-state index in [0.29, 0.717) is 25.0 Å². The Balaban J connectivity index is 2.45. The summed E-state index contributed by atoms with van der Waals surface area (Å²) < 4.78 is 5.58. The number of benzene rings is 1. The molecule has 0 saturated carbocycles. The molecular weight excluding hydrogens is 198 g/mol. The number of ether oxygens (including phenoxy) is 1. The third-order valence-electron chi connectivity index (χ3n) is 2.62. The van der Waals surface area contributed by atoms with Crippen LogP contribution in [0.5, 0.6) is 0 Å². The zero-order chi connectivity index (χ0) is 12.0. The van der Waals surface area contributed by atoms with Gasteiger partial charge in [0.25, 0.3) is 0 Å². The van der Waals surface area contributed by atoms with Crippen LogP contribution in [0.2, 0.25) is 0 Å². The summed E-state index contributed by atoms with van der Waals surface area (Å²) in [5.74, 6) is 1.03. The molecule has 1 atom stereocenters. The van der Waals surface area contributed by atoms with Crippen molar-refractivity contribution < 1.29 is 4.74 Å². The van der Waals surface area contributed by atoms with Crippen molar-refractivity contribution in [1.29, 1.82) is 0 Å². The van der Waals surface area contributed by atoms with Crippen LogP contribution in [0.15, 0.2) is 24.3 Å². The molecule has 0 aromatic heterocycles. The molecule has 0 aliphatic rings. The monoisotopic (exact) mass is 221 g/mol. The molecule has 2 nitrogen and oxygen atoms in total. The molecule has 2 heteroatoms. The highest BCUT2D eigenvalue weighted by Gasteiger charge is 2.02. The molecule has 1 unspecified atom stereocenters. The maximum absolute atomic E-state index is 5.63. The van der Waals surface area contributed by atoms with Gasteiger partial charge in [0.05, 0.1) is 6.61 Å². The predicted octanol–water partition coefficient (Wildman–Crippen LogP) is 2.92. The van der Waals surface area contributed by atoms with Crippen LogP contribution in [0.3, 0.4) is 0 Å². The van der Waals surface area contributed by atoms with E-state index in [2.05, 4.69) is 45.0 Å². The molecule has 2 N–H and O–H groups in total. The van der Waals surface area contributed by atoms with Crippen LogP contribution in [0.4, 0.5) is 0 Å². The van der Waals surface area contributed by atoms with Gasteiger partial charge in [-0.2, -0.15) is 0 Å². The molecule has 0 aliphatic carbocycles. The van der Waals surface area contributed by atoms with E-state index in [9.17, 15) is 0 Å². The van der Waals surface area contributed by atoms with Crippen molar-refractivity contribution >= 4 is 0 Å². The number of hydrogen-bond donors (Lipinski definition) is 1. The molecule has 1 rings (SSSR count). The molecule has 0 spiro atoms. The summed E-state index contributed by atoms with van der Waals surface area (Å²) in [6.45, 7) is 8.68. The number of nitrogens with two attached hydrogens (primary N) is 1. The third-order valence-corrected chi connectivity index (χ3v) is 2.62. The van der Waals surface area contributed by atoms with Gasteiger partial charge in [-0.25, -0.2) is 0 Å². The van der Waals surface area contributed by atoms with Gasteiger partial charge in [0.1, 0.15) is 0 Å². The van der Waals surface area contributed by atoms with Crippen molar-refractivity contribution in [3.05, 3.63) is 35.4 Å². The first-order valence-electron chi connectivity index (χ1n) is 6.00. The normalized spacial score (nSPS) is 13.1. The second-order valence-corrected chi connectivity index (χ2v) is 4.79. The SMILES string of the molecule is CC(C)COCc1ccc(C(C)CN)cc1. The second-order valence-electron chi connectivity index (χ2n) is 4.79. The van der Waals surface area contributed by atoms with Crippen molar-refractivity contribution in [2.24, 2.45) is 11.7 Å². The molecule has 0 bridgehead atoms. The summed E-state index contributed by atoms with van der Waals surface area (Å²) in [5.41, 5.74) is 8.16. The first-order valence-corrected chi connectivity index (χ1v) is 6.00. The van der Waals surface area contributed by atoms with E-state index >= 15 is 0 Å². The smallest absolute Gasteiger partial charge is 0.0717 e. The lowest BCUT2D eigenvalue weighted by molar-refractivity contribution is 0.0971. The molecule has 90 valence electrons. The fourth-order valence-electron chi connectivity index (χ4n) is 1.49. The summed E-state index contributed by atoms with van der Waals surface area (Å²) in [6.07, 6.45) is 0. The lowest BCUT2D eigenvalue weighted by Gasteiger charge is -2.10. The highest BCUT2D eigenvalue weighted by Crippen LogP contribution is 2.15. The molecule has 16 heavy (non-hydrogen) atoms. The average molecular weight is 221 g/mol. The summed E-state index contributed by atoms with van der Waals surface area (Å²) in [7, 11) is 0. The zero-order valence-electron chi connectivity index (χ0n) is 10.6. The van der Waals surface area contributed by atoms with Gasteiger partial charge in [-0.15, -0.1) is 0 Å². The number of rotatable bonds is 6. The van der Waals surface area contributed by atoms with Crippen molar-refractivity contribution in [2.45, 2.75) is 33.3 Å². The summed E-state index contributed by atoms with van der Waals surface area (Å²) in [6, 6.07) is 8.54. The minimum atomic E-state index is 0.436. The van der Waals surface area contributed by atoms with Crippen LogP contribution in [-0.2, 0) is 11.3 Å². The Morgan fingerprint density at radius 2 is 1.75 bits per heavy atom. The van der Waals surface area contributed by atoms with Crippen LogP contribution in [-0.4, -0.2) is 13.2 Å². The molecular formula is C14H23NO. The molecule has 1 aromatic rings. The average Bonchev–Trinajstić information content (AvgIpc) is 2.28. The Labute approximate surface area is 98.8 Å². The highest BCUT2D eigenvalue weighted by molar-refractivity contribution is 5.24. The lowest BCUT2D eigenvalue weighted by atomic mass is 10.0. The Morgan fingerprint density at radius 3 is 2.25 bits per heavy atom. The van der Waals surface area contributed by atoms with Crippen LogP contribution < -0.4 is 5.73 Å². The minimum Gasteiger partial charge on any atom is -0.377 e. The number of hydrogen-bond acceptors (Lipinski definition) is 2. The molecule has 0 fully saturated rings. The van der Waals surface area contributed by atoms with Crippen LogP contribution in [0.25, 0.3) is 0 Å². The Bertz CT molecular complexity index is 292. The van der Waals surface area contributed by atoms with Gasteiger partial charge in [0.15, 0.2) is 0 Å². The molecule has 0 aliphatic heterocycles. The van der Waals surface area contributed by atoms with E-state index in [1.807, 2.05) is 0 Å². The maximum Gasteiger partial charge on any atom is 0.0717 e. The van der Waals surface area contributed by atoms with E-state index in [0.717, 1.165) is 6.61 Å². The summed E-state index contributed by atoms with van der Waals surface area (Å²) >= 11 is 0. The predicted molar refractivity (Wildman–Crippen MR) is 68.4 cm³/mol. The molecule has 1 aromatic carbocycles. The van der Waals surface area contributed by atoms with Gasteiger partial charge in [-0.05, 0) is 29.5 Å². The first-order chi connectivity index (χ1) is 7.63. The van der Waals surface area contributed by atoms with Crippen molar-refractivity contribution in [1.82, 2.24) is 0 Å². The topological polar surface area (TPSA) is 35.2 Å². The molecule has 0 radical (unpaired) electrons. The van der Waals surface area contributed by atoms with Gasteiger partial charge >= 0.3 is 0 Å². The summed E-state index contributed by atoms with van der Waals surface area (Å²) in [4.78, 5) is 0. The van der Waals surface area contributed by atoms with Gasteiger partial charge in [0.2, 0.25) is 0 Å². The standard InChI is InChI=1S/C14H23NO/c1-11(2)9-16-10-13-4-6-14(7-5-13)12(3)8-15/h4-7,11-12H,8-10,15H2,1-3H3. The van der Waals surface area contributed by atoms with Crippen molar-refractivity contribution in [3.63, 3.8) is 0 Å². The minimum absolute atomic E-state index is 0.436. The van der Waals surface area contributed by atoms with Crippen molar-refractivity contribution in [3.8, 4) is 0 Å². The Morgan fingerprint density at radius 1 is 1.12 bits per heavy atom. The van der Waals surface area contributed by atoms with Crippen LogP contribution >= 0.6 is 0 Å². The zero-order valence-corrected chi connectivity index (χ0v) is 10.6. The molecule has 0 saturated heterocycles. The van der Waals surface area contributed by atoms with E-state index < -0.39 is 0 Å². The van der Waals surface area contributed by atoms with Gasteiger partial charge < -0.3 is 10.5 Å². The highest BCUT2D eigenvalue weighted by atomic mass is 16.5.